The number of nitrogens with two attached hydrogens (primary N) is 1. The van der Waals surface area contributed by atoms with Gasteiger partial charge in [-0.3, -0.25) is 4.98 Å². The van der Waals surface area contributed by atoms with Crippen LogP contribution in [0.4, 0.5) is 5.95 Å². The highest BCUT2D eigenvalue weighted by atomic mass is 127. The molecule has 0 amide bonds. The Bertz CT molecular complexity index is 721. The molecule has 1 unspecified atom stereocenters. The molecule has 1 aromatic carbocycles. The maximum atomic E-state index is 6.07. The molecule has 5 heteroatoms. The van der Waals surface area contributed by atoms with Gasteiger partial charge in [-0.1, -0.05) is 6.07 Å². The lowest BCUT2D eigenvalue weighted by Crippen LogP contribution is -2.10. The van der Waals surface area contributed by atoms with Gasteiger partial charge in [-0.2, -0.15) is 0 Å². The van der Waals surface area contributed by atoms with Gasteiger partial charge in [-0.15, -0.1) is 0 Å². The highest BCUT2D eigenvalue weighted by molar-refractivity contribution is 14.1. The molecule has 0 aliphatic heterocycles. The number of aromatic nitrogens is 3. The number of rotatable bonds is 2. The zero-order chi connectivity index (χ0) is 13.4. The first-order valence-electron chi connectivity index (χ1n) is 5.99. The minimum absolute atomic E-state index is 0.110. The van der Waals surface area contributed by atoms with Crippen molar-refractivity contribution >= 4 is 39.6 Å². The molecule has 3 rings (SSSR count). The summed E-state index contributed by atoms with van der Waals surface area (Å²) in [5.41, 5.74) is 9.17. The normalized spacial score (nSPS) is 12.7. The lowest BCUT2D eigenvalue weighted by molar-refractivity contribution is 0.665. The molecule has 0 saturated heterocycles. The highest BCUT2D eigenvalue weighted by Gasteiger charge is 2.15. The molecule has 3 aromatic rings. The van der Waals surface area contributed by atoms with Crippen molar-refractivity contribution in [2.24, 2.45) is 0 Å². The summed E-state index contributed by atoms with van der Waals surface area (Å²) >= 11 is 2.28. The number of imidazole rings is 1. The minimum Gasteiger partial charge on any atom is -0.369 e. The summed E-state index contributed by atoms with van der Waals surface area (Å²) in [5.74, 6) is 0.536. The summed E-state index contributed by atoms with van der Waals surface area (Å²) in [6.07, 6.45) is 3.64. The van der Waals surface area contributed by atoms with Gasteiger partial charge in [-0.05, 0) is 59.3 Å². The summed E-state index contributed by atoms with van der Waals surface area (Å²) in [7, 11) is 0. The largest absolute Gasteiger partial charge is 0.369 e. The van der Waals surface area contributed by atoms with E-state index >= 15 is 0 Å². The second-order valence-electron chi connectivity index (χ2n) is 4.44. The molecule has 0 saturated carbocycles. The van der Waals surface area contributed by atoms with Gasteiger partial charge in [0.1, 0.15) is 0 Å². The first-order chi connectivity index (χ1) is 9.16. The first kappa shape index (κ1) is 12.4. The lowest BCUT2D eigenvalue weighted by atomic mass is 10.1. The van der Waals surface area contributed by atoms with Gasteiger partial charge >= 0.3 is 0 Å². The molecule has 0 bridgehead atoms. The number of nitrogens with zero attached hydrogens (tertiary/aromatic N) is 3. The summed E-state index contributed by atoms with van der Waals surface area (Å²) in [4.78, 5) is 8.60. The topological polar surface area (TPSA) is 56.7 Å². The van der Waals surface area contributed by atoms with Crippen LogP contribution in [0.2, 0.25) is 0 Å². The number of hydrogen-bond donors (Lipinski definition) is 1. The van der Waals surface area contributed by atoms with E-state index in [2.05, 4.69) is 57.7 Å². The van der Waals surface area contributed by atoms with Gasteiger partial charge in [0, 0.05) is 16.0 Å². The maximum absolute atomic E-state index is 6.07. The van der Waals surface area contributed by atoms with E-state index in [0.717, 1.165) is 20.2 Å². The van der Waals surface area contributed by atoms with Crippen LogP contribution in [0.25, 0.3) is 11.0 Å². The average molecular weight is 364 g/mol. The van der Waals surface area contributed by atoms with Crippen molar-refractivity contribution in [1.82, 2.24) is 14.5 Å². The van der Waals surface area contributed by atoms with E-state index in [1.165, 1.54) is 0 Å². The lowest BCUT2D eigenvalue weighted by Gasteiger charge is -2.16. The minimum atomic E-state index is 0.110. The van der Waals surface area contributed by atoms with Crippen LogP contribution in [0.15, 0.2) is 42.7 Å². The Balaban J connectivity index is 2.17. The van der Waals surface area contributed by atoms with E-state index in [4.69, 9.17) is 5.73 Å². The molecule has 19 heavy (non-hydrogen) atoms. The molecule has 0 spiro atoms. The number of anilines is 1. The SMILES string of the molecule is CC(c1cccnc1)n1c(N)nc2cc(I)ccc21. The second-order valence-corrected chi connectivity index (χ2v) is 5.68. The van der Waals surface area contributed by atoms with Crippen LogP contribution in [0.1, 0.15) is 18.5 Å². The van der Waals surface area contributed by atoms with Gasteiger partial charge < -0.3 is 10.3 Å². The first-order valence-corrected chi connectivity index (χ1v) is 7.07. The van der Waals surface area contributed by atoms with Gasteiger partial charge in [0.25, 0.3) is 0 Å². The van der Waals surface area contributed by atoms with Crippen molar-refractivity contribution in [2.75, 3.05) is 5.73 Å². The van der Waals surface area contributed by atoms with E-state index in [1.54, 1.807) is 6.20 Å². The van der Waals surface area contributed by atoms with Crippen LogP contribution in [0.5, 0.6) is 0 Å². The van der Waals surface area contributed by atoms with Crippen molar-refractivity contribution in [3.63, 3.8) is 0 Å². The van der Waals surface area contributed by atoms with Crippen molar-refractivity contribution in [2.45, 2.75) is 13.0 Å². The van der Waals surface area contributed by atoms with Crippen LogP contribution in [0, 0.1) is 3.57 Å². The Hall–Kier alpha value is -1.63. The summed E-state index contributed by atoms with van der Waals surface area (Å²) in [6.45, 7) is 2.10. The molecule has 96 valence electrons. The average Bonchev–Trinajstić information content (AvgIpc) is 2.74. The fraction of sp³-hybridized carbons (Fsp3) is 0.143. The number of benzene rings is 1. The number of hydrogen-bond acceptors (Lipinski definition) is 3. The molecular weight excluding hydrogens is 351 g/mol. The fourth-order valence-corrected chi connectivity index (χ4v) is 2.74. The highest BCUT2D eigenvalue weighted by Crippen LogP contribution is 2.27. The fourth-order valence-electron chi connectivity index (χ4n) is 2.27. The van der Waals surface area contributed by atoms with Gasteiger partial charge in [0.05, 0.1) is 17.1 Å². The van der Waals surface area contributed by atoms with E-state index in [9.17, 15) is 0 Å². The van der Waals surface area contributed by atoms with Gasteiger partial charge in [-0.25, -0.2) is 4.98 Å². The standard InChI is InChI=1S/C14H13IN4/c1-9(10-3-2-6-17-8-10)19-13-5-4-11(15)7-12(13)18-14(19)16/h2-9H,1H3,(H2,16,18). The van der Waals surface area contributed by atoms with Gasteiger partial charge in [0.15, 0.2) is 0 Å². The number of halogens is 1. The van der Waals surface area contributed by atoms with Crippen molar-refractivity contribution in [1.29, 1.82) is 0 Å². The van der Waals surface area contributed by atoms with Crippen molar-refractivity contribution < 1.29 is 0 Å². The zero-order valence-electron chi connectivity index (χ0n) is 10.4. The van der Waals surface area contributed by atoms with E-state index in [0.29, 0.717) is 5.95 Å². The molecule has 4 nitrogen and oxygen atoms in total. The monoisotopic (exact) mass is 364 g/mol. The predicted molar refractivity (Wildman–Crippen MR) is 84.9 cm³/mol. The molecule has 2 heterocycles. The Labute approximate surface area is 124 Å². The Morgan fingerprint density at radius 2 is 2.16 bits per heavy atom. The summed E-state index contributed by atoms with van der Waals surface area (Å²) in [6, 6.07) is 10.3. The number of nitrogen functional groups attached to an aromatic ring is 1. The van der Waals surface area contributed by atoms with Crippen LogP contribution in [-0.4, -0.2) is 14.5 Å². The molecule has 0 aliphatic carbocycles. The van der Waals surface area contributed by atoms with Crippen LogP contribution >= 0.6 is 22.6 Å². The van der Waals surface area contributed by atoms with E-state index in [1.807, 2.05) is 22.9 Å². The Morgan fingerprint density at radius 1 is 1.32 bits per heavy atom. The van der Waals surface area contributed by atoms with Crippen LogP contribution < -0.4 is 5.73 Å². The molecule has 0 fully saturated rings. The van der Waals surface area contributed by atoms with Crippen molar-refractivity contribution in [3.8, 4) is 0 Å². The molecule has 0 aliphatic rings. The summed E-state index contributed by atoms with van der Waals surface area (Å²) in [5, 5.41) is 0. The molecule has 1 atom stereocenters. The quantitative estimate of drug-likeness (QED) is 0.711. The molecular formula is C14H13IN4. The molecule has 0 radical (unpaired) electrons. The van der Waals surface area contributed by atoms with Crippen molar-refractivity contribution in [3.05, 3.63) is 51.9 Å². The summed E-state index contributed by atoms with van der Waals surface area (Å²) < 4.78 is 3.20. The van der Waals surface area contributed by atoms with E-state index < -0.39 is 0 Å². The van der Waals surface area contributed by atoms with Crippen LogP contribution in [-0.2, 0) is 0 Å². The number of pyridine rings is 1. The van der Waals surface area contributed by atoms with Gasteiger partial charge in [0.2, 0.25) is 5.95 Å². The Morgan fingerprint density at radius 3 is 2.89 bits per heavy atom. The second kappa shape index (κ2) is 4.80. The third-order valence-corrected chi connectivity index (χ3v) is 3.90. The molecule has 2 aromatic heterocycles. The Kier molecular flexibility index (Phi) is 3.14. The smallest absolute Gasteiger partial charge is 0.201 e. The zero-order valence-corrected chi connectivity index (χ0v) is 12.6. The third-order valence-electron chi connectivity index (χ3n) is 3.23. The number of fused-ring (bicyclic) bond motifs is 1. The maximum Gasteiger partial charge on any atom is 0.201 e. The third kappa shape index (κ3) is 2.18. The molecule has 2 N–H and O–H groups in total. The van der Waals surface area contributed by atoms with E-state index in [-0.39, 0.29) is 6.04 Å². The van der Waals surface area contributed by atoms with Crippen LogP contribution in [0.3, 0.4) is 0 Å². The predicted octanol–water partition coefficient (Wildman–Crippen LogP) is 3.23.